The lowest BCUT2D eigenvalue weighted by atomic mass is 10.1. The van der Waals surface area contributed by atoms with Gasteiger partial charge in [0.2, 0.25) is 0 Å². The minimum atomic E-state index is -0.259. The van der Waals surface area contributed by atoms with E-state index in [1.54, 1.807) is 6.07 Å². The van der Waals surface area contributed by atoms with Crippen LogP contribution in [0.1, 0.15) is 38.1 Å². The number of anilines is 1. The van der Waals surface area contributed by atoms with Crippen LogP contribution in [0.25, 0.3) is 10.9 Å². The van der Waals surface area contributed by atoms with Gasteiger partial charge in [0.15, 0.2) is 0 Å². The highest BCUT2D eigenvalue weighted by Gasteiger charge is 2.24. The summed E-state index contributed by atoms with van der Waals surface area (Å²) < 4.78 is 2.01. The number of hydrogen-bond donors (Lipinski definition) is 1. The molecule has 0 aliphatic carbocycles. The average molecular weight is 402 g/mol. The molecule has 2 aliphatic heterocycles. The van der Waals surface area contributed by atoms with Gasteiger partial charge in [-0.25, -0.2) is 0 Å². The highest BCUT2D eigenvalue weighted by atomic mass is 35.5. The number of fused-ring (bicyclic) bond motifs is 1. The van der Waals surface area contributed by atoms with Crippen molar-refractivity contribution >= 4 is 47.1 Å². The van der Waals surface area contributed by atoms with Crippen molar-refractivity contribution in [1.82, 2.24) is 15.1 Å². The third-order valence-corrected chi connectivity index (χ3v) is 5.19. The molecule has 1 aromatic carbocycles. The molecular formula is C17H25Cl2N5O2. The summed E-state index contributed by atoms with van der Waals surface area (Å²) in [6.07, 6.45) is 7.47. The first-order valence-electron chi connectivity index (χ1n) is 8.85. The standard InChI is InChI=1S/C17H23N5O2.2ClH/c23-22(24)17-10-13-12-21(14-4-6-18-7-5-14)19-15(13)11-16(17)20-8-2-1-3-9-20;;/h10-12,14,18H,1-9H2;2*1H. The number of halogens is 2. The fourth-order valence-electron chi connectivity index (χ4n) is 3.86. The van der Waals surface area contributed by atoms with Gasteiger partial charge in [-0.15, -0.1) is 24.8 Å². The van der Waals surface area contributed by atoms with Crippen molar-refractivity contribution in [3.8, 4) is 0 Å². The maximum atomic E-state index is 11.6. The molecule has 144 valence electrons. The molecule has 0 saturated carbocycles. The molecule has 3 heterocycles. The highest BCUT2D eigenvalue weighted by molar-refractivity contribution is 5.87. The van der Waals surface area contributed by atoms with Gasteiger partial charge in [0.25, 0.3) is 5.69 Å². The Bertz CT molecular complexity index is 755. The lowest BCUT2D eigenvalue weighted by Crippen LogP contribution is -2.30. The number of piperidine rings is 2. The van der Waals surface area contributed by atoms with E-state index in [1.807, 2.05) is 16.9 Å². The molecule has 1 N–H and O–H groups in total. The van der Waals surface area contributed by atoms with Crippen LogP contribution in [0, 0.1) is 10.1 Å². The van der Waals surface area contributed by atoms with Crippen molar-refractivity contribution < 1.29 is 4.92 Å². The van der Waals surface area contributed by atoms with Gasteiger partial charge >= 0.3 is 0 Å². The van der Waals surface area contributed by atoms with Gasteiger partial charge < -0.3 is 10.2 Å². The van der Waals surface area contributed by atoms with E-state index in [4.69, 9.17) is 5.10 Å². The first kappa shape index (κ1) is 20.7. The van der Waals surface area contributed by atoms with Gasteiger partial charge in [0, 0.05) is 30.7 Å². The Morgan fingerprint density at radius 3 is 2.46 bits per heavy atom. The van der Waals surface area contributed by atoms with Crippen LogP contribution in [0.4, 0.5) is 11.4 Å². The Balaban J connectivity index is 0.00000121. The molecule has 2 aromatic rings. The van der Waals surface area contributed by atoms with E-state index < -0.39 is 0 Å². The number of benzene rings is 1. The highest BCUT2D eigenvalue weighted by Crippen LogP contribution is 2.35. The Labute approximate surface area is 165 Å². The molecule has 2 aliphatic rings. The molecule has 0 bridgehead atoms. The molecule has 0 radical (unpaired) electrons. The second kappa shape index (κ2) is 8.88. The van der Waals surface area contributed by atoms with Crippen molar-refractivity contribution in [2.45, 2.75) is 38.1 Å². The van der Waals surface area contributed by atoms with E-state index in [-0.39, 0.29) is 35.4 Å². The Morgan fingerprint density at radius 2 is 1.81 bits per heavy atom. The summed E-state index contributed by atoms with van der Waals surface area (Å²) in [5.74, 6) is 0. The molecule has 7 nitrogen and oxygen atoms in total. The lowest BCUT2D eigenvalue weighted by Gasteiger charge is -2.28. The van der Waals surface area contributed by atoms with Crippen LogP contribution in [0.15, 0.2) is 18.3 Å². The molecule has 1 aromatic heterocycles. The fraction of sp³-hybridized carbons (Fsp3) is 0.588. The van der Waals surface area contributed by atoms with Crippen LogP contribution in [-0.4, -0.2) is 40.9 Å². The van der Waals surface area contributed by atoms with Gasteiger partial charge in [0.05, 0.1) is 16.5 Å². The molecular weight excluding hydrogens is 377 g/mol. The van der Waals surface area contributed by atoms with E-state index in [2.05, 4.69) is 10.2 Å². The smallest absolute Gasteiger partial charge is 0.293 e. The molecule has 2 saturated heterocycles. The number of rotatable bonds is 3. The van der Waals surface area contributed by atoms with Crippen molar-refractivity contribution in [2.75, 3.05) is 31.1 Å². The largest absolute Gasteiger partial charge is 0.366 e. The summed E-state index contributed by atoms with van der Waals surface area (Å²) in [5, 5.41) is 20.5. The normalized spacial score (nSPS) is 18.2. The molecule has 9 heteroatoms. The van der Waals surface area contributed by atoms with Gasteiger partial charge in [-0.3, -0.25) is 14.8 Å². The van der Waals surface area contributed by atoms with Gasteiger partial charge in [-0.1, -0.05) is 0 Å². The summed E-state index contributed by atoms with van der Waals surface area (Å²) >= 11 is 0. The van der Waals surface area contributed by atoms with Crippen LogP contribution in [0.5, 0.6) is 0 Å². The molecule has 0 spiro atoms. The Hall–Kier alpha value is -1.57. The monoisotopic (exact) mass is 401 g/mol. The van der Waals surface area contributed by atoms with Crippen LogP contribution in [0.3, 0.4) is 0 Å². The summed E-state index contributed by atoms with van der Waals surface area (Å²) in [6, 6.07) is 4.00. The summed E-state index contributed by atoms with van der Waals surface area (Å²) in [5.41, 5.74) is 1.79. The molecule has 2 fully saturated rings. The zero-order valence-corrected chi connectivity index (χ0v) is 16.2. The van der Waals surface area contributed by atoms with Crippen molar-refractivity contribution in [3.63, 3.8) is 0 Å². The molecule has 4 rings (SSSR count). The van der Waals surface area contributed by atoms with Gasteiger partial charge in [-0.2, -0.15) is 5.10 Å². The minimum absolute atomic E-state index is 0. The van der Waals surface area contributed by atoms with Crippen LogP contribution < -0.4 is 10.2 Å². The first-order chi connectivity index (χ1) is 11.7. The maximum absolute atomic E-state index is 11.6. The minimum Gasteiger partial charge on any atom is -0.366 e. The van der Waals surface area contributed by atoms with Gasteiger partial charge in [-0.05, 0) is 51.3 Å². The molecule has 0 unspecified atom stereocenters. The summed E-state index contributed by atoms with van der Waals surface area (Å²) in [4.78, 5) is 13.4. The number of aromatic nitrogens is 2. The van der Waals surface area contributed by atoms with E-state index in [9.17, 15) is 10.1 Å². The summed E-state index contributed by atoms with van der Waals surface area (Å²) in [7, 11) is 0. The predicted molar refractivity (Wildman–Crippen MR) is 108 cm³/mol. The van der Waals surface area contributed by atoms with Crippen molar-refractivity contribution in [3.05, 3.63) is 28.4 Å². The molecule has 0 atom stereocenters. The van der Waals surface area contributed by atoms with Crippen LogP contribution >= 0.6 is 24.8 Å². The third-order valence-electron chi connectivity index (χ3n) is 5.19. The first-order valence-corrected chi connectivity index (χ1v) is 8.85. The van der Waals surface area contributed by atoms with Gasteiger partial charge in [0.1, 0.15) is 5.69 Å². The number of nitrogens with zero attached hydrogens (tertiary/aromatic N) is 4. The van der Waals surface area contributed by atoms with E-state index in [1.165, 1.54) is 6.42 Å². The zero-order chi connectivity index (χ0) is 16.5. The maximum Gasteiger partial charge on any atom is 0.293 e. The topological polar surface area (TPSA) is 76.2 Å². The second-order valence-electron chi connectivity index (χ2n) is 6.79. The number of nitrogens with one attached hydrogen (secondary N) is 1. The second-order valence-corrected chi connectivity index (χ2v) is 6.79. The fourth-order valence-corrected chi connectivity index (χ4v) is 3.86. The quantitative estimate of drug-likeness (QED) is 0.626. The third kappa shape index (κ3) is 4.05. The predicted octanol–water partition coefficient (Wildman–Crippen LogP) is 3.70. The van der Waals surface area contributed by atoms with Crippen LogP contribution in [0.2, 0.25) is 0 Å². The van der Waals surface area contributed by atoms with E-state index >= 15 is 0 Å². The SMILES string of the molecule is Cl.Cl.O=[N+]([O-])c1cc2cn(C3CCNCC3)nc2cc1N1CCCCC1. The van der Waals surface area contributed by atoms with E-state index in [0.29, 0.717) is 6.04 Å². The summed E-state index contributed by atoms with van der Waals surface area (Å²) in [6.45, 7) is 3.78. The number of nitro benzene ring substituents is 1. The van der Waals surface area contributed by atoms with Crippen LogP contribution in [-0.2, 0) is 0 Å². The Morgan fingerprint density at radius 1 is 1.12 bits per heavy atom. The van der Waals surface area contributed by atoms with Crippen molar-refractivity contribution in [2.24, 2.45) is 0 Å². The number of nitro groups is 1. The Kier molecular flexibility index (Phi) is 7.08. The molecule has 26 heavy (non-hydrogen) atoms. The molecule has 0 amide bonds. The lowest BCUT2D eigenvalue weighted by molar-refractivity contribution is -0.384. The average Bonchev–Trinajstić information content (AvgIpc) is 3.05. The number of hydrogen-bond acceptors (Lipinski definition) is 5. The van der Waals surface area contributed by atoms with E-state index in [0.717, 1.165) is 68.5 Å². The zero-order valence-electron chi connectivity index (χ0n) is 14.6. The van der Waals surface area contributed by atoms with Crippen molar-refractivity contribution in [1.29, 1.82) is 0 Å².